The third-order valence-corrected chi connectivity index (χ3v) is 5.37. The van der Waals surface area contributed by atoms with Gasteiger partial charge in [-0.15, -0.1) is 0 Å². The Hall–Kier alpha value is -0.610. The molecule has 0 radical (unpaired) electrons. The van der Waals surface area contributed by atoms with Crippen LogP contribution in [0.3, 0.4) is 0 Å². The highest BCUT2D eigenvalue weighted by molar-refractivity contribution is 5.72. The van der Waals surface area contributed by atoms with Gasteiger partial charge in [0, 0.05) is 32.2 Å². The normalized spacial score (nSPS) is 33.8. The van der Waals surface area contributed by atoms with E-state index < -0.39 is 5.97 Å². The monoisotopic (exact) mass is 282 g/mol. The van der Waals surface area contributed by atoms with Gasteiger partial charge in [-0.25, -0.2) is 0 Å². The van der Waals surface area contributed by atoms with E-state index in [4.69, 9.17) is 5.11 Å². The molecule has 0 aromatic carbocycles. The molecule has 0 amide bonds. The maximum absolute atomic E-state index is 11.1. The van der Waals surface area contributed by atoms with E-state index in [9.17, 15) is 4.79 Å². The Morgan fingerprint density at radius 2 is 1.85 bits per heavy atom. The van der Waals surface area contributed by atoms with Crippen molar-refractivity contribution in [3.8, 4) is 0 Å². The molecule has 2 rings (SSSR count). The molecule has 1 saturated heterocycles. The topological polar surface area (TPSA) is 43.8 Å². The highest BCUT2D eigenvalue weighted by Crippen LogP contribution is 2.40. The van der Waals surface area contributed by atoms with E-state index in [2.05, 4.69) is 30.6 Å². The van der Waals surface area contributed by atoms with Crippen molar-refractivity contribution in [2.75, 3.05) is 26.2 Å². The lowest BCUT2D eigenvalue weighted by Gasteiger charge is -2.47. The number of carboxylic acids is 1. The van der Waals surface area contributed by atoms with Gasteiger partial charge in [-0.05, 0) is 37.5 Å². The molecule has 3 atom stereocenters. The van der Waals surface area contributed by atoms with Crippen molar-refractivity contribution in [3.63, 3.8) is 0 Å². The molecule has 1 heterocycles. The van der Waals surface area contributed by atoms with E-state index >= 15 is 0 Å². The fraction of sp³-hybridized carbons (Fsp3) is 0.938. The summed E-state index contributed by atoms with van der Waals surface area (Å²) in [6, 6.07) is 0.352. The van der Waals surface area contributed by atoms with E-state index in [1.807, 2.05) is 0 Å². The summed E-state index contributed by atoms with van der Waals surface area (Å²) in [7, 11) is 0. The maximum Gasteiger partial charge on any atom is 0.320 e. The van der Waals surface area contributed by atoms with Crippen molar-refractivity contribution in [1.29, 1.82) is 0 Å². The van der Waals surface area contributed by atoms with E-state index in [1.54, 1.807) is 6.92 Å². The molecule has 0 aromatic rings. The predicted molar refractivity (Wildman–Crippen MR) is 80.8 cm³/mol. The molecule has 0 bridgehead atoms. The quantitative estimate of drug-likeness (QED) is 0.862. The minimum atomic E-state index is -0.703. The molecule has 20 heavy (non-hydrogen) atoms. The molecular weight excluding hydrogens is 252 g/mol. The Bertz CT molecular complexity index is 348. The van der Waals surface area contributed by atoms with E-state index in [1.165, 1.54) is 19.3 Å². The largest absolute Gasteiger partial charge is 0.480 e. The number of carbonyl (C=O) groups is 1. The Balaban J connectivity index is 1.86. The predicted octanol–water partition coefficient (Wildman–Crippen LogP) is 2.29. The summed E-state index contributed by atoms with van der Waals surface area (Å²) in [5.41, 5.74) is 0.496. The second-order valence-electron chi connectivity index (χ2n) is 7.54. The van der Waals surface area contributed by atoms with Crippen LogP contribution >= 0.6 is 0 Å². The first-order chi connectivity index (χ1) is 9.30. The van der Waals surface area contributed by atoms with Gasteiger partial charge < -0.3 is 5.11 Å². The molecule has 2 aliphatic rings. The average molecular weight is 282 g/mol. The molecule has 0 spiro atoms. The van der Waals surface area contributed by atoms with Gasteiger partial charge in [0.15, 0.2) is 0 Å². The zero-order valence-corrected chi connectivity index (χ0v) is 13.4. The number of piperazine rings is 1. The van der Waals surface area contributed by atoms with E-state index in [0.717, 1.165) is 32.1 Å². The SMILES string of the molecule is CC1CC(C)(C)CCC1N1CCN(C(C)C(=O)O)CC1. The van der Waals surface area contributed by atoms with Crippen LogP contribution in [0.1, 0.15) is 47.0 Å². The molecule has 4 heteroatoms. The molecule has 1 N–H and O–H groups in total. The third-order valence-electron chi connectivity index (χ3n) is 5.37. The first-order valence-electron chi connectivity index (χ1n) is 8.01. The fourth-order valence-electron chi connectivity index (χ4n) is 4.09. The summed E-state index contributed by atoms with van der Waals surface area (Å²) in [6.07, 6.45) is 3.92. The summed E-state index contributed by atoms with van der Waals surface area (Å²) < 4.78 is 0. The zero-order chi connectivity index (χ0) is 14.9. The van der Waals surface area contributed by atoms with Crippen LogP contribution < -0.4 is 0 Å². The summed E-state index contributed by atoms with van der Waals surface area (Å²) in [5, 5.41) is 9.09. The lowest BCUT2D eigenvalue weighted by Crippen LogP contribution is -2.56. The van der Waals surface area contributed by atoms with Crippen LogP contribution in [0.15, 0.2) is 0 Å². The number of rotatable bonds is 3. The first-order valence-corrected chi connectivity index (χ1v) is 8.01. The summed E-state index contributed by atoms with van der Waals surface area (Å²) in [6.45, 7) is 12.8. The number of aliphatic carboxylic acids is 1. The lowest BCUT2D eigenvalue weighted by molar-refractivity contribution is -0.143. The number of nitrogens with zero attached hydrogens (tertiary/aromatic N) is 2. The van der Waals surface area contributed by atoms with Crippen LogP contribution in [0, 0.1) is 11.3 Å². The van der Waals surface area contributed by atoms with Crippen LogP contribution in [0.5, 0.6) is 0 Å². The lowest BCUT2D eigenvalue weighted by atomic mass is 9.70. The Morgan fingerprint density at radius 1 is 1.25 bits per heavy atom. The van der Waals surface area contributed by atoms with E-state index in [-0.39, 0.29) is 6.04 Å². The van der Waals surface area contributed by atoms with Gasteiger partial charge in [-0.3, -0.25) is 14.6 Å². The molecule has 1 saturated carbocycles. The van der Waals surface area contributed by atoms with Gasteiger partial charge in [0.1, 0.15) is 6.04 Å². The van der Waals surface area contributed by atoms with Crippen molar-refractivity contribution in [3.05, 3.63) is 0 Å². The molecular formula is C16H30N2O2. The summed E-state index contributed by atoms with van der Waals surface area (Å²) >= 11 is 0. The molecule has 3 unspecified atom stereocenters. The Kier molecular flexibility index (Phi) is 4.75. The van der Waals surface area contributed by atoms with Crippen LogP contribution in [-0.2, 0) is 4.79 Å². The fourth-order valence-corrected chi connectivity index (χ4v) is 4.09. The second kappa shape index (κ2) is 6.02. The zero-order valence-electron chi connectivity index (χ0n) is 13.4. The van der Waals surface area contributed by atoms with Crippen molar-refractivity contribution < 1.29 is 9.90 Å². The van der Waals surface area contributed by atoms with E-state index in [0.29, 0.717) is 11.5 Å². The Morgan fingerprint density at radius 3 is 2.35 bits per heavy atom. The second-order valence-corrected chi connectivity index (χ2v) is 7.54. The minimum Gasteiger partial charge on any atom is -0.480 e. The van der Waals surface area contributed by atoms with Crippen LogP contribution in [0.4, 0.5) is 0 Å². The standard InChI is InChI=1S/C16H30N2O2/c1-12-11-16(3,4)6-5-14(12)18-9-7-17(8-10-18)13(2)15(19)20/h12-14H,5-11H2,1-4H3,(H,19,20). The van der Waals surface area contributed by atoms with Crippen LogP contribution in [0.2, 0.25) is 0 Å². The average Bonchev–Trinajstić information content (AvgIpc) is 2.37. The van der Waals surface area contributed by atoms with Gasteiger partial charge in [0.05, 0.1) is 0 Å². The number of hydrogen-bond donors (Lipinski definition) is 1. The first kappa shape index (κ1) is 15.8. The molecule has 1 aliphatic carbocycles. The van der Waals surface area contributed by atoms with Gasteiger partial charge in [0.2, 0.25) is 0 Å². The highest BCUT2D eigenvalue weighted by atomic mass is 16.4. The number of hydrogen-bond acceptors (Lipinski definition) is 3. The molecule has 1 aliphatic heterocycles. The maximum atomic E-state index is 11.1. The van der Waals surface area contributed by atoms with Crippen molar-refractivity contribution in [2.45, 2.75) is 59.0 Å². The summed E-state index contributed by atoms with van der Waals surface area (Å²) in [4.78, 5) is 15.7. The van der Waals surface area contributed by atoms with Gasteiger partial charge in [-0.1, -0.05) is 20.8 Å². The van der Waals surface area contributed by atoms with Crippen molar-refractivity contribution >= 4 is 5.97 Å². The molecule has 4 nitrogen and oxygen atoms in total. The minimum absolute atomic E-state index is 0.347. The number of carboxylic acid groups (broad SMARTS) is 1. The summed E-state index contributed by atoms with van der Waals surface area (Å²) in [5.74, 6) is 0.0495. The van der Waals surface area contributed by atoms with Crippen molar-refractivity contribution in [2.24, 2.45) is 11.3 Å². The van der Waals surface area contributed by atoms with Crippen LogP contribution in [-0.4, -0.2) is 59.1 Å². The molecule has 0 aromatic heterocycles. The van der Waals surface area contributed by atoms with Gasteiger partial charge in [-0.2, -0.15) is 0 Å². The third kappa shape index (κ3) is 3.53. The smallest absolute Gasteiger partial charge is 0.320 e. The van der Waals surface area contributed by atoms with Crippen molar-refractivity contribution in [1.82, 2.24) is 9.80 Å². The van der Waals surface area contributed by atoms with Gasteiger partial charge >= 0.3 is 5.97 Å². The molecule has 2 fully saturated rings. The Labute approximate surface area is 123 Å². The van der Waals surface area contributed by atoms with Crippen LogP contribution in [0.25, 0.3) is 0 Å². The van der Waals surface area contributed by atoms with Gasteiger partial charge in [0.25, 0.3) is 0 Å². The highest BCUT2D eigenvalue weighted by Gasteiger charge is 2.37. The molecule has 116 valence electrons.